The van der Waals surface area contributed by atoms with Crippen LogP contribution in [0.15, 0.2) is 96.2 Å². The maximum atomic E-state index is 5.73. The van der Waals surface area contributed by atoms with Crippen LogP contribution in [0.4, 0.5) is 22.7 Å². The van der Waals surface area contributed by atoms with Crippen molar-refractivity contribution in [2.24, 2.45) is 0 Å². The molecule has 8 aromatic rings. The molecule has 0 saturated carbocycles. The molecule has 4 aliphatic rings. The van der Waals surface area contributed by atoms with Crippen molar-refractivity contribution in [1.82, 2.24) is 30.2 Å². The molecule has 304 valence electrons. The Bertz CT molecular complexity index is 2920. The van der Waals surface area contributed by atoms with Crippen LogP contribution in [0.2, 0.25) is 0 Å². The predicted octanol–water partition coefficient (Wildman–Crippen LogP) is 11.1. The van der Waals surface area contributed by atoms with Crippen LogP contribution >= 0.6 is 45.3 Å². The van der Waals surface area contributed by atoms with Crippen LogP contribution in [-0.4, -0.2) is 82.0 Å². The first-order valence-electron chi connectivity index (χ1n) is 20.6. The van der Waals surface area contributed by atoms with Gasteiger partial charge in [0.1, 0.15) is 9.66 Å². The first-order valence-corrected chi connectivity index (χ1v) is 24.0. The van der Waals surface area contributed by atoms with Crippen LogP contribution in [0, 0.1) is 0 Å². The molecule has 10 nitrogen and oxygen atoms in total. The summed E-state index contributed by atoms with van der Waals surface area (Å²) in [5.74, 6) is 0. The van der Waals surface area contributed by atoms with Gasteiger partial charge in [-0.05, 0) is 104 Å². The van der Waals surface area contributed by atoms with E-state index >= 15 is 0 Å². The minimum Gasteiger partial charge on any atom is -0.381 e. The molecule has 3 N–H and O–H groups in total. The summed E-state index contributed by atoms with van der Waals surface area (Å²) in [5.41, 5.74) is 13.2. The van der Waals surface area contributed by atoms with Gasteiger partial charge in [0.05, 0.1) is 48.4 Å². The number of hydrogen-bond acceptors (Lipinski definition) is 14. The van der Waals surface area contributed by atoms with Gasteiger partial charge in [-0.1, -0.05) is 19.1 Å². The molecule has 0 amide bonds. The van der Waals surface area contributed by atoms with Crippen LogP contribution in [-0.2, 0) is 9.47 Å². The van der Waals surface area contributed by atoms with Crippen LogP contribution in [0.3, 0.4) is 0 Å². The lowest BCUT2D eigenvalue weighted by Gasteiger charge is -2.43. The highest BCUT2D eigenvalue weighted by atomic mass is 32.1. The van der Waals surface area contributed by atoms with E-state index in [1.165, 1.54) is 41.1 Å². The Hall–Kier alpha value is -4.64. The van der Waals surface area contributed by atoms with Gasteiger partial charge in [0, 0.05) is 89.4 Å². The van der Waals surface area contributed by atoms with Gasteiger partial charge in [-0.25, -0.2) is 19.9 Å². The van der Waals surface area contributed by atoms with E-state index in [0.29, 0.717) is 0 Å². The number of rotatable bonds is 7. The summed E-state index contributed by atoms with van der Waals surface area (Å²) in [6.07, 6.45) is 12.7. The third kappa shape index (κ3) is 6.92. The molecular formula is C46H44N8O2S4. The van der Waals surface area contributed by atoms with Crippen molar-refractivity contribution in [2.75, 3.05) is 56.7 Å². The summed E-state index contributed by atoms with van der Waals surface area (Å²) in [4.78, 5) is 25.6. The predicted molar refractivity (Wildman–Crippen MR) is 252 cm³/mol. The van der Waals surface area contributed by atoms with Crippen molar-refractivity contribution >= 4 is 120 Å². The van der Waals surface area contributed by atoms with Gasteiger partial charge >= 0.3 is 0 Å². The number of fused-ring (bicyclic) bond motifs is 4. The van der Waals surface area contributed by atoms with Crippen LogP contribution < -0.4 is 16.0 Å². The van der Waals surface area contributed by atoms with E-state index in [0.717, 1.165) is 115 Å². The fourth-order valence-electron chi connectivity index (χ4n) is 9.48. The van der Waals surface area contributed by atoms with E-state index in [1.54, 1.807) is 45.3 Å². The topological polar surface area (TPSA) is 109 Å². The van der Waals surface area contributed by atoms with Gasteiger partial charge < -0.3 is 25.4 Å². The monoisotopic (exact) mass is 868 g/mol. The summed E-state index contributed by atoms with van der Waals surface area (Å²) in [6.45, 7) is 8.59. The average molecular weight is 869 g/mol. The molecule has 2 spiro atoms. The second-order valence-corrected chi connectivity index (χ2v) is 19.5. The zero-order valence-electron chi connectivity index (χ0n) is 33.2. The van der Waals surface area contributed by atoms with Crippen LogP contribution in [0.5, 0.6) is 0 Å². The molecule has 4 aliphatic heterocycles. The normalized spacial score (nSPS) is 18.7. The van der Waals surface area contributed by atoms with Crippen molar-refractivity contribution in [3.8, 4) is 0 Å². The molecule has 0 radical (unpaired) electrons. The Morgan fingerprint density at radius 3 is 1.82 bits per heavy atom. The van der Waals surface area contributed by atoms with Crippen LogP contribution in [0.25, 0.3) is 52.0 Å². The quantitative estimate of drug-likeness (QED) is 0.143. The SMILES string of the molecule is C1=C(c2cc3c(Nc4ccc5scnc5c4)ccnc3s2)C2(CCOCC2)NC1.CCN1CC=C(c2cc3c(Nc4ccc5scnc5c4)ccnc3s2)C12CCOCC2. The molecule has 14 heteroatoms. The average Bonchev–Trinajstić information content (AvgIpc) is 4.14. The van der Waals surface area contributed by atoms with Gasteiger partial charge in [0.25, 0.3) is 0 Å². The molecule has 0 aliphatic carbocycles. The van der Waals surface area contributed by atoms with Crippen molar-refractivity contribution in [1.29, 1.82) is 0 Å². The number of thiazole rings is 2. The minimum absolute atomic E-state index is 0.0579. The van der Waals surface area contributed by atoms with Crippen molar-refractivity contribution in [3.63, 3.8) is 0 Å². The number of thiophene rings is 2. The molecule has 10 heterocycles. The maximum Gasteiger partial charge on any atom is 0.125 e. The van der Waals surface area contributed by atoms with Gasteiger partial charge in [-0.15, -0.1) is 45.3 Å². The zero-order valence-corrected chi connectivity index (χ0v) is 36.5. The largest absolute Gasteiger partial charge is 0.381 e. The second kappa shape index (κ2) is 16.0. The number of pyridine rings is 2. The zero-order chi connectivity index (χ0) is 40.1. The third-order valence-electron chi connectivity index (χ3n) is 12.6. The lowest BCUT2D eigenvalue weighted by atomic mass is 9.82. The number of anilines is 4. The Morgan fingerprint density at radius 2 is 1.23 bits per heavy atom. The molecule has 0 unspecified atom stereocenters. The first-order chi connectivity index (χ1) is 29.6. The molecular weight excluding hydrogens is 825 g/mol. The Labute approximate surface area is 364 Å². The number of aromatic nitrogens is 4. The minimum atomic E-state index is 0.0579. The van der Waals surface area contributed by atoms with E-state index in [1.807, 2.05) is 23.4 Å². The standard InChI is InChI=1S/C24H24N4OS2.C22H20N4OS2/c1-2-28-10-6-18(24(28)7-11-29-12-8-24)22-14-17-19(5-9-25-23(17)31-22)27-16-3-4-21-20(13-16)26-15-30-21;1-2-19-18(24-13-28-19)11-14(1)26-17-4-7-23-21-15(17)12-20(29-21)16-3-8-25-22(16)5-9-27-10-6-22/h3-6,9,13-15H,2,7-8,10-12H2,1H3,(H,25,27);1-4,7,11-13,25H,5-6,8-10H2,(H,23,26). The summed E-state index contributed by atoms with van der Waals surface area (Å²) >= 11 is 6.92. The summed E-state index contributed by atoms with van der Waals surface area (Å²) in [7, 11) is 0. The fourth-order valence-corrected chi connectivity index (χ4v) is 13.1. The Kier molecular flexibility index (Phi) is 10.2. The number of likely N-dealkylation sites (N-methyl/N-ethyl adjacent to an activating group) is 1. The highest BCUT2D eigenvalue weighted by molar-refractivity contribution is 7.20. The molecule has 2 aromatic carbocycles. The van der Waals surface area contributed by atoms with E-state index in [4.69, 9.17) is 14.5 Å². The van der Waals surface area contributed by atoms with Gasteiger partial charge in [0.2, 0.25) is 0 Å². The first kappa shape index (κ1) is 38.3. The Morgan fingerprint density at radius 1 is 0.667 bits per heavy atom. The molecule has 2 fully saturated rings. The molecule has 12 rings (SSSR count). The molecule has 60 heavy (non-hydrogen) atoms. The highest BCUT2D eigenvalue weighted by Crippen LogP contribution is 2.48. The van der Waals surface area contributed by atoms with E-state index in [2.05, 4.69) is 116 Å². The van der Waals surface area contributed by atoms with E-state index < -0.39 is 0 Å². The van der Waals surface area contributed by atoms with Crippen LogP contribution in [0.1, 0.15) is 42.4 Å². The fraction of sp³-hybridized carbons (Fsp3) is 0.304. The lowest BCUT2D eigenvalue weighted by Crippen LogP contribution is -2.49. The smallest absolute Gasteiger partial charge is 0.125 e. The van der Waals surface area contributed by atoms with Crippen molar-refractivity contribution in [2.45, 2.75) is 43.7 Å². The van der Waals surface area contributed by atoms with Gasteiger partial charge in [-0.3, -0.25) is 4.90 Å². The van der Waals surface area contributed by atoms with Crippen molar-refractivity contribution in [3.05, 3.63) is 106 Å². The van der Waals surface area contributed by atoms with E-state index in [-0.39, 0.29) is 11.1 Å². The summed E-state index contributed by atoms with van der Waals surface area (Å²) < 4.78 is 13.8. The number of nitrogens with one attached hydrogen (secondary N) is 3. The second-order valence-electron chi connectivity index (χ2n) is 15.7. The molecule has 2 saturated heterocycles. The molecule has 0 bridgehead atoms. The number of hydrogen-bond donors (Lipinski definition) is 3. The summed E-state index contributed by atoms with van der Waals surface area (Å²) in [5, 5.41) is 13.3. The lowest BCUT2D eigenvalue weighted by molar-refractivity contribution is 0.0145. The third-order valence-corrected chi connectivity index (χ3v) is 16.3. The van der Waals surface area contributed by atoms with Gasteiger partial charge in [-0.2, -0.15) is 0 Å². The molecule has 6 aromatic heterocycles. The van der Waals surface area contributed by atoms with Gasteiger partial charge in [0.15, 0.2) is 0 Å². The highest BCUT2D eigenvalue weighted by Gasteiger charge is 2.45. The molecule has 0 atom stereocenters. The van der Waals surface area contributed by atoms with E-state index in [9.17, 15) is 0 Å². The number of nitrogens with zero attached hydrogens (tertiary/aromatic N) is 5. The number of benzene rings is 2. The number of ether oxygens (including phenoxy) is 2. The Balaban J connectivity index is 0.000000136. The maximum absolute atomic E-state index is 5.73. The summed E-state index contributed by atoms with van der Waals surface area (Å²) in [6, 6.07) is 21.4. The van der Waals surface area contributed by atoms with Crippen molar-refractivity contribution < 1.29 is 9.47 Å².